The van der Waals surface area contributed by atoms with E-state index in [1.165, 1.54) is 11.1 Å². The third-order valence-electron chi connectivity index (χ3n) is 5.59. The van der Waals surface area contributed by atoms with Crippen LogP contribution in [0.2, 0.25) is 0 Å². The van der Waals surface area contributed by atoms with Crippen molar-refractivity contribution in [1.29, 1.82) is 0 Å². The van der Waals surface area contributed by atoms with Gasteiger partial charge >= 0.3 is 0 Å². The molecular formula is C26H35NO4. The molecular weight excluding hydrogens is 390 g/mol. The van der Waals surface area contributed by atoms with Crippen molar-refractivity contribution < 1.29 is 19.0 Å². The first-order valence-corrected chi connectivity index (χ1v) is 11.0. The molecule has 0 aliphatic carbocycles. The van der Waals surface area contributed by atoms with Gasteiger partial charge in [-0.05, 0) is 52.8 Å². The monoisotopic (exact) mass is 425 g/mol. The Morgan fingerprint density at radius 3 is 2.61 bits per heavy atom. The lowest BCUT2D eigenvalue weighted by atomic mass is 9.88. The van der Waals surface area contributed by atoms with Crippen molar-refractivity contribution in [2.45, 2.75) is 46.1 Å². The maximum absolute atomic E-state index is 12.9. The predicted molar refractivity (Wildman–Crippen MR) is 123 cm³/mol. The maximum Gasteiger partial charge on any atom is 0.223 e. The number of nitrogens with zero attached hydrogens (tertiary/aromatic N) is 1. The number of ether oxygens (including phenoxy) is 3. The predicted octanol–water partition coefficient (Wildman–Crippen LogP) is 4.83. The fourth-order valence-electron chi connectivity index (χ4n) is 4.08. The van der Waals surface area contributed by atoms with E-state index in [1.807, 2.05) is 29.2 Å². The van der Waals surface area contributed by atoms with Crippen molar-refractivity contribution in [2.75, 3.05) is 34.0 Å². The van der Waals surface area contributed by atoms with Gasteiger partial charge in [-0.1, -0.05) is 39.0 Å². The lowest BCUT2D eigenvalue weighted by molar-refractivity contribution is -0.137. The molecule has 168 valence electrons. The molecule has 1 atom stereocenters. The minimum absolute atomic E-state index is 0.0323. The molecule has 0 spiro atoms. The molecule has 0 radical (unpaired) electrons. The molecule has 2 aromatic rings. The molecule has 5 nitrogen and oxygen atoms in total. The maximum atomic E-state index is 12.9. The van der Waals surface area contributed by atoms with Crippen LogP contribution in [-0.4, -0.2) is 44.8 Å². The summed E-state index contributed by atoms with van der Waals surface area (Å²) in [6, 6.07) is 14.2. The first-order chi connectivity index (χ1) is 14.8. The van der Waals surface area contributed by atoms with Crippen LogP contribution in [0.15, 0.2) is 42.5 Å². The number of rotatable bonds is 8. The van der Waals surface area contributed by atoms with Crippen LogP contribution >= 0.6 is 0 Å². The quantitative estimate of drug-likeness (QED) is 0.608. The number of benzene rings is 2. The van der Waals surface area contributed by atoms with Gasteiger partial charge in [0.1, 0.15) is 11.5 Å². The fourth-order valence-corrected chi connectivity index (χ4v) is 4.08. The van der Waals surface area contributed by atoms with Crippen molar-refractivity contribution in [3.05, 3.63) is 59.2 Å². The number of methoxy groups -OCH3 is 2. The van der Waals surface area contributed by atoms with Gasteiger partial charge in [0.2, 0.25) is 5.91 Å². The molecule has 5 heteroatoms. The van der Waals surface area contributed by atoms with Gasteiger partial charge in [0.15, 0.2) is 0 Å². The first kappa shape index (κ1) is 23.1. The lowest BCUT2D eigenvalue weighted by Gasteiger charge is -2.38. The van der Waals surface area contributed by atoms with Gasteiger partial charge in [0.25, 0.3) is 0 Å². The van der Waals surface area contributed by atoms with Crippen molar-refractivity contribution in [2.24, 2.45) is 5.41 Å². The third-order valence-corrected chi connectivity index (χ3v) is 5.59. The molecule has 31 heavy (non-hydrogen) atoms. The van der Waals surface area contributed by atoms with Crippen molar-refractivity contribution >= 4 is 5.91 Å². The second-order valence-corrected chi connectivity index (χ2v) is 9.36. The number of carbonyl (C=O) groups is 1. The number of fused-ring (bicyclic) bond motifs is 1. The van der Waals surface area contributed by atoms with E-state index in [9.17, 15) is 4.79 Å². The van der Waals surface area contributed by atoms with Crippen LogP contribution < -0.4 is 9.47 Å². The molecule has 1 heterocycles. The van der Waals surface area contributed by atoms with Crippen molar-refractivity contribution in [3.8, 4) is 11.5 Å². The zero-order chi connectivity index (χ0) is 22.4. The standard InChI is InChI=1S/C26H35NO4/c1-26(2,3)17-25(28)27-13-11-20-16-22(9-10-23(20)24(27)18-29-4)31-14-12-19-7-6-8-21(15-19)30-5/h6-10,15-16,24H,11-14,17-18H2,1-5H3/t24-/m0/s1. The van der Waals surface area contributed by atoms with Gasteiger partial charge in [-0.3, -0.25) is 4.79 Å². The van der Waals surface area contributed by atoms with E-state index in [0.717, 1.165) is 29.9 Å². The number of carbonyl (C=O) groups excluding carboxylic acids is 1. The molecule has 0 fully saturated rings. The van der Waals surface area contributed by atoms with E-state index in [1.54, 1.807) is 14.2 Å². The van der Waals surface area contributed by atoms with Crippen LogP contribution in [-0.2, 0) is 22.4 Å². The zero-order valence-electron chi connectivity index (χ0n) is 19.4. The summed E-state index contributed by atoms with van der Waals surface area (Å²) < 4.78 is 16.8. The second kappa shape index (κ2) is 10.2. The van der Waals surface area contributed by atoms with Crippen molar-refractivity contribution in [3.63, 3.8) is 0 Å². The summed E-state index contributed by atoms with van der Waals surface area (Å²) in [5.74, 6) is 1.92. The highest BCUT2D eigenvalue weighted by Gasteiger charge is 2.32. The molecule has 2 aromatic carbocycles. The van der Waals surface area contributed by atoms with Crippen LogP contribution in [0, 0.1) is 5.41 Å². The van der Waals surface area contributed by atoms with Gasteiger partial charge in [-0.15, -0.1) is 0 Å². The minimum Gasteiger partial charge on any atom is -0.497 e. The normalized spacial score (nSPS) is 16.0. The topological polar surface area (TPSA) is 48.0 Å². The molecule has 1 amide bonds. The third kappa shape index (κ3) is 6.23. The van der Waals surface area contributed by atoms with Crippen molar-refractivity contribution in [1.82, 2.24) is 4.90 Å². The zero-order valence-corrected chi connectivity index (χ0v) is 19.4. The molecule has 0 saturated carbocycles. The van der Waals surface area contributed by atoms with Gasteiger partial charge in [0, 0.05) is 26.5 Å². The van der Waals surface area contributed by atoms with Crippen LogP contribution in [0.1, 0.15) is 49.9 Å². The molecule has 0 bridgehead atoms. The Morgan fingerprint density at radius 2 is 1.90 bits per heavy atom. The summed E-state index contributed by atoms with van der Waals surface area (Å²) in [5, 5.41) is 0. The second-order valence-electron chi connectivity index (χ2n) is 9.36. The fraction of sp³-hybridized carbons (Fsp3) is 0.500. The highest BCUT2D eigenvalue weighted by Crippen LogP contribution is 2.34. The Labute approximate surface area is 186 Å². The molecule has 0 unspecified atom stereocenters. The average molecular weight is 426 g/mol. The Bertz CT molecular complexity index is 887. The Balaban J connectivity index is 1.67. The lowest BCUT2D eigenvalue weighted by Crippen LogP contribution is -2.43. The van der Waals surface area contributed by atoms with Gasteiger partial charge in [-0.2, -0.15) is 0 Å². The van der Waals surface area contributed by atoms with E-state index in [0.29, 0.717) is 26.2 Å². The molecule has 0 saturated heterocycles. The summed E-state index contributed by atoms with van der Waals surface area (Å²) in [7, 11) is 3.37. The van der Waals surface area contributed by atoms with Crippen LogP contribution in [0.5, 0.6) is 11.5 Å². The largest absolute Gasteiger partial charge is 0.497 e. The average Bonchev–Trinajstić information content (AvgIpc) is 2.73. The Morgan fingerprint density at radius 1 is 1.10 bits per heavy atom. The van der Waals surface area contributed by atoms with E-state index in [-0.39, 0.29) is 17.4 Å². The summed E-state index contributed by atoms with van der Waals surface area (Å²) in [6.07, 6.45) is 2.18. The smallest absolute Gasteiger partial charge is 0.223 e. The Kier molecular flexibility index (Phi) is 7.60. The summed E-state index contributed by atoms with van der Waals surface area (Å²) in [5.41, 5.74) is 3.55. The van der Waals surface area contributed by atoms with Gasteiger partial charge in [0.05, 0.1) is 26.4 Å². The molecule has 1 aliphatic rings. The Hall–Kier alpha value is -2.53. The highest BCUT2D eigenvalue weighted by atomic mass is 16.5. The molecule has 1 aliphatic heterocycles. The van der Waals surface area contributed by atoms with Crippen LogP contribution in [0.3, 0.4) is 0 Å². The summed E-state index contributed by atoms with van der Waals surface area (Å²) in [4.78, 5) is 14.9. The van der Waals surface area contributed by atoms with E-state index >= 15 is 0 Å². The van der Waals surface area contributed by atoms with E-state index < -0.39 is 0 Å². The summed E-state index contributed by atoms with van der Waals surface area (Å²) >= 11 is 0. The highest BCUT2D eigenvalue weighted by molar-refractivity contribution is 5.78. The minimum atomic E-state index is -0.0468. The molecule has 0 N–H and O–H groups in total. The van der Waals surface area contributed by atoms with E-state index in [2.05, 4.69) is 39.0 Å². The first-order valence-electron chi connectivity index (χ1n) is 11.0. The SMILES string of the molecule is COC[C@H]1c2ccc(OCCc3cccc(OC)c3)cc2CCN1C(=O)CC(C)(C)C. The van der Waals surface area contributed by atoms with Gasteiger partial charge in [-0.25, -0.2) is 0 Å². The number of hydrogen-bond donors (Lipinski definition) is 0. The van der Waals surface area contributed by atoms with E-state index in [4.69, 9.17) is 14.2 Å². The molecule has 0 aromatic heterocycles. The molecule has 3 rings (SSSR count). The summed E-state index contributed by atoms with van der Waals surface area (Å²) in [6.45, 7) is 8.11. The number of hydrogen-bond acceptors (Lipinski definition) is 4. The van der Waals surface area contributed by atoms with Crippen LogP contribution in [0.4, 0.5) is 0 Å². The van der Waals surface area contributed by atoms with Crippen LogP contribution in [0.25, 0.3) is 0 Å². The number of amides is 1. The van der Waals surface area contributed by atoms with Gasteiger partial charge < -0.3 is 19.1 Å².